The smallest absolute Gasteiger partial charge is 0.264 e. The highest BCUT2D eigenvalue weighted by atomic mass is 16.5. The minimum absolute atomic E-state index is 0.465. The second kappa shape index (κ2) is 11.9. The summed E-state index contributed by atoms with van der Waals surface area (Å²) in [4.78, 5) is 24.8. The van der Waals surface area contributed by atoms with Crippen LogP contribution in [0, 0.1) is 11.8 Å². The molecule has 0 unspecified atom stereocenters. The number of nitroso groups, excluding NO2 is 1. The molecule has 9 nitrogen and oxygen atoms in total. The van der Waals surface area contributed by atoms with Crippen molar-refractivity contribution in [2.75, 3.05) is 26.2 Å². The number of methoxy groups -OCH3 is 2. The molecule has 0 radical (unpaired) electrons. The second-order valence-electron chi connectivity index (χ2n) is 11.0. The van der Waals surface area contributed by atoms with Crippen molar-refractivity contribution < 1.29 is 19.3 Å². The topological polar surface area (TPSA) is 92.7 Å². The zero-order chi connectivity index (χ0) is 30.1. The molecule has 0 aliphatic heterocycles. The Kier molecular flexibility index (Phi) is 7.82. The van der Waals surface area contributed by atoms with Crippen LogP contribution in [0.15, 0.2) is 72.8 Å². The van der Waals surface area contributed by atoms with Gasteiger partial charge in [0.05, 0.1) is 36.9 Å². The van der Waals surface area contributed by atoms with E-state index in [1.165, 1.54) is 7.05 Å². The Labute approximate surface area is 250 Å². The van der Waals surface area contributed by atoms with Crippen molar-refractivity contribution >= 4 is 22.4 Å². The van der Waals surface area contributed by atoms with E-state index in [2.05, 4.69) is 17.0 Å². The highest BCUT2D eigenvalue weighted by Gasteiger charge is 2.29. The van der Waals surface area contributed by atoms with Gasteiger partial charge in [0.25, 0.3) is 5.69 Å². The Morgan fingerprint density at radius 1 is 1.00 bits per heavy atom. The molecule has 0 saturated heterocycles. The molecule has 220 valence electrons. The maximum absolute atomic E-state index is 12.4. The molecule has 5 aromatic rings. The Balaban J connectivity index is 1.56. The summed E-state index contributed by atoms with van der Waals surface area (Å²) >= 11 is 0. The number of anilines is 1. The molecule has 1 N–H and O–H groups in total. The summed E-state index contributed by atoms with van der Waals surface area (Å²) < 4.78 is 14.1. The largest absolute Gasteiger partial charge is 0.497 e. The Morgan fingerprint density at radius 3 is 2.56 bits per heavy atom. The Bertz CT molecular complexity index is 1800. The fourth-order valence-electron chi connectivity index (χ4n) is 6.05. The van der Waals surface area contributed by atoms with Gasteiger partial charge in [-0.25, -0.2) is 4.98 Å². The molecule has 0 spiro atoms. The highest BCUT2D eigenvalue weighted by Crippen LogP contribution is 2.38. The minimum atomic E-state index is -0.691. The molecule has 2 heterocycles. The quantitative estimate of drug-likeness (QED) is 0.203. The third-order valence-electron chi connectivity index (χ3n) is 8.14. The van der Waals surface area contributed by atoms with Gasteiger partial charge in [-0.05, 0) is 56.0 Å². The van der Waals surface area contributed by atoms with Crippen molar-refractivity contribution in [1.29, 1.82) is 0 Å². The van der Waals surface area contributed by atoms with Crippen LogP contribution < -0.4 is 14.4 Å². The molecule has 6 rings (SSSR count). The van der Waals surface area contributed by atoms with Crippen LogP contribution in [0.25, 0.3) is 16.9 Å². The number of fused-ring (bicyclic) bond motifs is 2. The zero-order valence-electron chi connectivity index (χ0n) is 24.9. The summed E-state index contributed by atoms with van der Waals surface area (Å²) in [5.41, 5.74) is 6.03. The van der Waals surface area contributed by atoms with Gasteiger partial charge in [0.2, 0.25) is 5.95 Å². The highest BCUT2D eigenvalue weighted by molar-refractivity contribution is 5.91. The van der Waals surface area contributed by atoms with E-state index < -0.39 is 6.10 Å². The lowest BCUT2D eigenvalue weighted by Gasteiger charge is -2.31. The molecule has 0 bridgehead atoms. The van der Waals surface area contributed by atoms with Crippen LogP contribution in [0.3, 0.4) is 0 Å². The predicted octanol–water partition coefficient (Wildman–Crippen LogP) is 6.36. The maximum atomic E-state index is 12.4. The fraction of sp³-hybridized carbons (Fsp3) is 0.294. The standard InChI is InChI=1S/C34H36N5O4/c1-22-18-27-28(37(2)41)13-9-14-29(27)39(22)34-35-32-26(12-8-15-30(32)40)33(36-34)38(20-23-10-6-5-7-11-23)21-24-16-17-25(42-3)19-31(24)43-4/h5-7,9-11,13-14,16-19,30,40H,8,12,15,20-21H2,1-4H3/q+1/t30-/m0/s1. The normalized spacial score (nSPS) is 14.4. The molecular weight excluding hydrogens is 542 g/mol. The fourth-order valence-corrected chi connectivity index (χ4v) is 6.05. The van der Waals surface area contributed by atoms with E-state index >= 15 is 0 Å². The van der Waals surface area contributed by atoms with E-state index in [-0.39, 0.29) is 0 Å². The molecule has 0 amide bonds. The summed E-state index contributed by atoms with van der Waals surface area (Å²) in [5, 5.41) is 12.0. The lowest BCUT2D eigenvalue weighted by molar-refractivity contribution is -0.426. The van der Waals surface area contributed by atoms with Gasteiger partial charge < -0.3 is 19.5 Å². The number of hydrogen-bond acceptors (Lipinski definition) is 7. The van der Waals surface area contributed by atoms with E-state index in [1.807, 2.05) is 72.2 Å². The molecule has 1 aliphatic carbocycles. The van der Waals surface area contributed by atoms with Crippen molar-refractivity contribution in [3.05, 3.63) is 106 Å². The number of rotatable bonds is 9. The van der Waals surface area contributed by atoms with Gasteiger partial charge >= 0.3 is 0 Å². The number of benzene rings is 3. The van der Waals surface area contributed by atoms with Crippen LogP contribution in [0.2, 0.25) is 0 Å². The monoisotopic (exact) mass is 578 g/mol. The van der Waals surface area contributed by atoms with E-state index in [0.29, 0.717) is 36.8 Å². The molecule has 9 heteroatoms. The maximum Gasteiger partial charge on any atom is 0.264 e. The van der Waals surface area contributed by atoms with Gasteiger partial charge in [0.15, 0.2) is 7.05 Å². The van der Waals surface area contributed by atoms with Crippen LogP contribution in [0.4, 0.5) is 11.5 Å². The number of aromatic nitrogens is 3. The Morgan fingerprint density at radius 2 is 1.81 bits per heavy atom. The van der Waals surface area contributed by atoms with E-state index in [9.17, 15) is 10.0 Å². The van der Waals surface area contributed by atoms with Crippen LogP contribution in [0.5, 0.6) is 11.5 Å². The first kappa shape index (κ1) is 28.4. The van der Waals surface area contributed by atoms with Crippen molar-refractivity contribution in [2.24, 2.45) is 0 Å². The first-order valence-corrected chi connectivity index (χ1v) is 14.5. The van der Waals surface area contributed by atoms with E-state index in [0.717, 1.165) is 68.2 Å². The summed E-state index contributed by atoms with van der Waals surface area (Å²) in [6.45, 7) is 3.08. The third kappa shape index (κ3) is 5.44. The van der Waals surface area contributed by atoms with Gasteiger partial charge in [0.1, 0.15) is 17.3 Å². The molecular formula is C34H36N5O4+. The average molecular weight is 579 g/mol. The third-order valence-corrected chi connectivity index (χ3v) is 8.14. The van der Waals surface area contributed by atoms with E-state index in [1.54, 1.807) is 14.2 Å². The summed E-state index contributed by atoms with van der Waals surface area (Å²) in [6.07, 6.45) is 1.57. The van der Waals surface area contributed by atoms with Crippen LogP contribution in [0.1, 0.15) is 47.0 Å². The van der Waals surface area contributed by atoms with Gasteiger partial charge in [-0.2, -0.15) is 4.98 Å². The number of aliphatic hydroxyl groups is 1. The molecule has 43 heavy (non-hydrogen) atoms. The lowest BCUT2D eigenvalue weighted by atomic mass is 9.93. The van der Waals surface area contributed by atoms with Gasteiger partial charge in [-0.1, -0.05) is 36.4 Å². The number of ether oxygens (including phenoxy) is 2. The molecule has 1 atom stereocenters. The summed E-state index contributed by atoms with van der Waals surface area (Å²) in [7, 11) is 4.80. The second-order valence-corrected chi connectivity index (χ2v) is 11.0. The molecule has 0 fully saturated rings. The van der Waals surface area contributed by atoms with E-state index in [4.69, 9.17) is 19.4 Å². The van der Waals surface area contributed by atoms with Crippen LogP contribution in [-0.2, 0) is 19.5 Å². The molecule has 0 saturated carbocycles. The molecule has 2 aromatic heterocycles. The summed E-state index contributed by atoms with van der Waals surface area (Å²) in [6, 6.07) is 23.8. The van der Waals surface area contributed by atoms with Crippen LogP contribution >= 0.6 is 0 Å². The van der Waals surface area contributed by atoms with Crippen molar-refractivity contribution in [2.45, 2.75) is 45.4 Å². The van der Waals surface area contributed by atoms with Crippen LogP contribution in [-0.4, -0.2) is 45.7 Å². The number of nitrogens with zero attached hydrogens (tertiary/aromatic N) is 5. The lowest BCUT2D eigenvalue weighted by Crippen LogP contribution is -2.28. The van der Waals surface area contributed by atoms with Crippen molar-refractivity contribution in [3.63, 3.8) is 0 Å². The zero-order valence-corrected chi connectivity index (χ0v) is 24.9. The van der Waals surface area contributed by atoms with Crippen molar-refractivity contribution in [3.8, 4) is 17.4 Å². The van der Waals surface area contributed by atoms with Gasteiger partial charge in [-0.15, -0.1) is 0 Å². The van der Waals surface area contributed by atoms with Crippen molar-refractivity contribution in [1.82, 2.24) is 14.5 Å². The van der Waals surface area contributed by atoms with Gasteiger partial charge in [0, 0.05) is 51.7 Å². The SMILES string of the molecule is COc1ccc(CN(Cc2ccccc2)c2nc(-n3c(C)cc4c([N+](C)=O)cccc43)nc3c2CCC[C@@H]3O)c(OC)c1. The summed E-state index contributed by atoms with van der Waals surface area (Å²) in [5.74, 6) is 2.69. The molecule has 3 aromatic carbocycles. The Hall–Kier alpha value is -4.76. The minimum Gasteiger partial charge on any atom is -0.497 e. The first-order chi connectivity index (χ1) is 20.9. The molecule has 1 aliphatic rings. The number of aryl methyl sites for hydroxylation is 1. The predicted molar refractivity (Wildman–Crippen MR) is 167 cm³/mol. The average Bonchev–Trinajstić information content (AvgIpc) is 3.36. The van der Waals surface area contributed by atoms with Gasteiger partial charge in [-0.3, -0.25) is 4.57 Å². The number of hydrogen-bond donors (Lipinski definition) is 1. The first-order valence-electron chi connectivity index (χ1n) is 14.5. The number of aliphatic hydroxyl groups excluding tert-OH is 1.